The van der Waals surface area contributed by atoms with Gasteiger partial charge in [-0.3, -0.25) is 0 Å². The molecule has 1 aromatic heterocycles. The Morgan fingerprint density at radius 2 is 1.83 bits per heavy atom. The number of benzene rings is 1. The zero-order valence-corrected chi connectivity index (χ0v) is 12.9. The Kier molecular flexibility index (Phi) is 3.93. The van der Waals surface area contributed by atoms with Gasteiger partial charge >= 0.3 is 0 Å². The Morgan fingerprint density at radius 3 is 2.44 bits per heavy atom. The summed E-state index contributed by atoms with van der Waals surface area (Å²) in [5.74, 6) is 0.826. The molecule has 0 aliphatic rings. The van der Waals surface area contributed by atoms with Crippen LogP contribution < -0.4 is 5.32 Å². The molecule has 0 amide bonds. The smallest absolute Gasteiger partial charge is 0.133 e. The molecule has 0 unspecified atom stereocenters. The molecule has 0 fully saturated rings. The molecule has 2 aromatic rings. The molecule has 2 nitrogen and oxygen atoms in total. The van der Waals surface area contributed by atoms with Gasteiger partial charge in [0.2, 0.25) is 0 Å². The van der Waals surface area contributed by atoms with Crippen LogP contribution in [0.3, 0.4) is 0 Å². The molecule has 94 valence electrons. The summed E-state index contributed by atoms with van der Waals surface area (Å²) >= 11 is 9.67. The van der Waals surface area contributed by atoms with Crippen molar-refractivity contribution in [2.75, 3.05) is 5.32 Å². The van der Waals surface area contributed by atoms with Crippen molar-refractivity contribution >= 4 is 39.0 Å². The van der Waals surface area contributed by atoms with Gasteiger partial charge < -0.3 is 5.32 Å². The molecular formula is C14H14BrClN2. The second kappa shape index (κ2) is 5.29. The molecule has 1 heterocycles. The molecule has 0 radical (unpaired) electrons. The average Bonchev–Trinajstić information content (AvgIpc) is 2.25. The summed E-state index contributed by atoms with van der Waals surface area (Å²) in [4.78, 5) is 4.36. The third-order valence-corrected chi connectivity index (χ3v) is 3.45. The van der Waals surface area contributed by atoms with E-state index in [1.807, 2.05) is 32.9 Å². The summed E-state index contributed by atoms with van der Waals surface area (Å²) in [6.07, 6.45) is 1.77. The van der Waals surface area contributed by atoms with Crippen LogP contribution in [0.15, 0.2) is 28.9 Å². The highest BCUT2D eigenvalue weighted by Gasteiger charge is 2.08. The lowest BCUT2D eigenvalue weighted by atomic mass is 10.1. The van der Waals surface area contributed by atoms with Crippen LogP contribution >= 0.6 is 27.5 Å². The van der Waals surface area contributed by atoms with E-state index in [1.165, 1.54) is 0 Å². The molecular weight excluding hydrogens is 312 g/mol. The van der Waals surface area contributed by atoms with Crippen LogP contribution in [0.4, 0.5) is 11.5 Å². The van der Waals surface area contributed by atoms with Crippen molar-refractivity contribution in [2.45, 2.75) is 20.8 Å². The standard InChI is InChI=1S/C14H14BrClN2/c1-8-4-9(2)13(12(16)5-8)18-14-10(3)6-11(15)7-17-14/h4-7H,1-3H3,(H,17,18). The van der Waals surface area contributed by atoms with Crippen molar-refractivity contribution in [3.8, 4) is 0 Å². The van der Waals surface area contributed by atoms with E-state index in [0.29, 0.717) is 0 Å². The van der Waals surface area contributed by atoms with E-state index < -0.39 is 0 Å². The van der Waals surface area contributed by atoms with Crippen molar-refractivity contribution in [2.24, 2.45) is 0 Å². The van der Waals surface area contributed by atoms with Gasteiger partial charge in [-0.2, -0.15) is 0 Å². The average molecular weight is 326 g/mol. The fourth-order valence-electron chi connectivity index (χ4n) is 1.86. The quantitative estimate of drug-likeness (QED) is 0.824. The molecule has 0 saturated carbocycles. The number of hydrogen-bond acceptors (Lipinski definition) is 2. The highest BCUT2D eigenvalue weighted by molar-refractivity contribution is 9.10. The first kappa shape index (κ1) is 13.4. The molecule has 1 aromatic carbocycles. The van der Waals surface area contributed by atoms with Crippen LogP contribution in [0.25, 0.3) is 0 Å². The van der Waals surface area contributed by atoms with E-state index in [-0.39, 0.29) is 0 Å². The summed E-state index contributed by atoms with van der Waals surface area (Å²) in [6.45, 7) is 6.08. The van der Waals surface area contributed by atoms with Crippen LogP contribution in [0.2, 0.25) is 5.02 Å². The van der Waals surface area contributed by atoms with Gasteiger partial charge in [-0.05, 0) is 65.5 Å². The minimum atomic E-state index is 0.719. The van der Waals surface area contributed by atoms with Crippen molar-refractivity contribution in [3.63, 3.8) is 0 Å². The van der Waals surface area contributed by atoms with E-state index in [4.69, 9.17) is 11.6 Å². The van der Waals surface area contributed by atoms with Crippen LogP contribution in [0.1, 0.15) is 16.7 Å². The number of aromatic nitrogens is 1. The van der Waals surface area contributed by atoms with Gasteiger partial charge in [0, 0.05) is 10.7 Å². The molecule has 0 saturated heterocycles. The highest BCUT2D eigenvalue weighted by Crippen LogP contribution is 2.31. The number of pyridine rings is 1. The summed E-state index contributed by atoms with van der Waals surface area (Å²) in [5, 5.41) is 4.02. The van der Waals surface area contributed by atoms with Crippen LogP contribution in [0.5, 0.6) is 0 Å². The fourth-order valence-corrected chi connectivity index (χ4v) is 2.68. The van der Waals surface area contributed by atoms with Gasteiger partial charge in [-0.15, -0.1) is 0 Å². The third-order valence-electron chi connectivity index (χ3n) is 2.72. The second-order valence-corrected chi connectivity index (χ2v) is 5.71. The van der Waals surface area contributed by atoms with E-state index >= 15 is 0 Å². The number of nitrogens with one attached hydrogen (secondary N) is 1. The van der Waals surface area contributed by atoms with Crippen LogP contribution in [-0.4, -0.2) is 4.98 Å². The Labute approximate surface area is 121 Å². The van der Waals surface area contributed by atoms with Gasteiger partial charge in [-0.25, -0.2) is 4.98 Å². The molecule has 4 heteroatoms. The monoisotopic (exact) mass is 324 g/mol. The molecule has 0 aliphatic heterocycles. The van der Waals surface area contributed by atoms with Gasteiger partial charge in [-0.1, -0.05) is 17.7 Å². The maximum Gasteiger partial charge on any atom is 0.133 e. The molecule has 18 heavy (non-hydrogen) atoms. The first-order valence-corrected chi connectivity index (χ1v) is 6.80. The van der Waals surface area contributed by atoms with E-state index in [9.17, 15) is 0 Å². The van der Waals surface area contributed by atoms with Crippen LogP contribution in [-0.2, 0) is 0 Å². The molecule has 1 N–H and O–H groups in total. The van der Waals surface area contributed by atoms with Gasteiger partial charge in [0.25, 0.3) is 0 Å². The lowest BCUT2D eigenvalue weighted by molar-refractivity contribution is 1.23. The normalized spacial score (nSPS) is 10.5. The minimum absolute atomic E-state index is 0.719. The van der Waals surface area contributed by atoms with Gasteiger partial charge in [0.05, 0.1) is 10.7 Å². The van der Waals surface area contributed by atoms with E-state index in [2.05, 4.69) is 32.3 Å². The number of hydrogen-bond donors (Lipinski definition) is 1. The number of anilines is 2. The van der Waals surface area contributed by atoms with E-state index in [0.717, 1.165) is 37.7 Å². The van der Waals surface area contributed by atoms with Crippen molar-refractivity contribution < 1.29 is 0 Å². The Balaban J connectivity index is 2.40. The minimum Gasteiger partial charge on any atom is -0.339 e. The second-order valence-electron chi connectivity index (χ2n) is 4.38. The Hall–Kier alpha value is -1.06. The lowest BCUT2D eigenvalue weighted by Crippen LogP contribution is -1.99. The number of rotatable bonds is 2. The Morgan fingerprint density at radius 1 is 1.11 bits per heavy atom. The fraction of sp³-hybridized carbons (Fsp3) is 0.214. The zero-order valence-electron chi connectivity index (χ0n) is 10.5. The third kappa shape index (κ3) is 2.85. The largest absolute Gasteiger partial charge is 0.339 e. The number of halogens is 2. The first-order chi connectivity index (χ1) is 8.47. The molecule has 0 spiro atoms. The van der Waals surface area contributed by atoms with E-state index in [1.54, 1.807) is 6.20 Å². The first-order valence-electron chi connectivity index (χ1n) is 5.63. The summed E-state index contributed by atoms with van der Waals surface area (Å²) in [5.41, 5.74) is 4.26. The predicted octanol–water partition coefficient (Wildman–Crippen LogP) is 5.17. The molecule has 2 rings (SSSR count). The van der Waals surface area contributed by atoms with Crippen molar-refractivity contribution in [1.82, 2.24) is 4.98 Å². The zero-order chi connectivity index (χ0) is 13.3. The maximum absolute atomic E-state index is 6.27. The summed E-state index contributed by atoms with van der Waals surface area (Å²) in [6, 6.07) is 6.07. The van der Waals surface area contributed by atoms with Crippen LogP contribution in [0, 0.1) is 20.8 Å². The molecule has 0 aliphatic carbocycles. The predicted molar refractivity (Wildman–Crippen MR) is 80.9 cm³/mol. The van der Waals surface area contributed by atoms with Gasteiger partial charge in [0.1, 0.15) is 5.82 Å². The van der Waals surface area contributed by atoms with Crippen molar-refractivity contribution in [1.29, 1.82) is 0 Å². The molecule has 0 atom stereocenters. The SMILES string of the molecule is Cc1cc(C)c(Nc2ncc(Br)cc2C)c(Cl)c1. The Bertz CT molecular complexity index is 573. The highest BCUT2D eigenvalue weighted by atomic mass is 79.9. The summed E-state index contributed by atoms with van der Waals surface area (Å²) in [7, 11) is 0. The lowest BCUT2D eigenvalue weighted by Gasteiger charge is -2.13. The number of aryl methyl sites for hydroxylation is 3. The topological polar surface area (TPSA) is 24.9 Å². The van der Waals surface area contributed by atoms with Crippen molar-refractivity contribution in [3.05, 3.63) is 50.6 Å². The summed E-state index contributed by atoms with van der Waals surface area (Å²) < 4.78 is 0.970. The number of nitrogens with zero attached hydrogens (tertiary/aromatic N) is 1. The van der Waals surface area contributed by atoms with Gasteiger partial charge in [0.15, 0.2) is 0 Å². The molecule has 0 bridgehead atoms. The maximum atomic E-state index is 6.27.